The minimum Gasteiger partial charge on any atom is -0.247 e. The Kier molecular flexibility index (Phi) is 12.3. The zero-order valence-corrected chi connectivity index (χ0v) is 17.4. The van der Waals surface area contributed by atoms with Crippen LogP contribution in [-0.2, 0) is 0 Å². The van der Waals surface area contributed by atoms with E-state index in [1.165, 1.54) is 32.1 Å². The number of halogens is 1. The molecule has 23 heavy (non-hydrogen) atoms. The van der Waals surface area contributed by atoms with Gasteiger partial charge in [0.15, 0.2) is 0 Å². The summed E-state index contributed by atoms with van der Waals surface area (Å²) in [4.78, 5) is 0. The van der Waals surface area contributed by atoms with Crippen molar-refractivity contribution < 1.29 is 4.39 Å². The van der Waals surface area contributed by atoms with Gasteiger partial charge < -0.3 is 0 Å². The first-order valence-corrected chi connectivity index (χ1v) is 10.4. The largest absolute Gasteiger partial charge is 0.247 e. The molecule has 1 fully saturated rings. The third kappa shape index (κ3) is 9.11. The van der Waals surface area contributed by atoms with Crippen LogP contribution in [0.2, 0.25) is 0 Å². The Hall–Kier alpha value is -0.0700. The Morgan fingerprint density at radius 3 is 1.65 bits per heavy atom. The van der Waals surface area contributed by atoms with Gasteiger partial charge in [0.25, 0.3) is 0 Å². The molecule has 1 heteroatoms. The van der Waals surface area contributed by atoms with Gasteiger partial charge in [0.05, 0.1) is 0 Å². The maximum atomic E-state index is 14.6. The molecule has 5 atom stereocenters. The van der Waals surface area contributed by atoms with E-state index < -0.39 is 6.17 Å². The lowest BCUT2D eigenvalue weighted by Gasteiger charge is -2.38. The standard InChI is InChI=1S/C20H39F.C2H6/c1-14(2)7-9-16(5)18-11-12-19(20(21)13-18)17(6)10-8-15(3)4;1-2/h14-20H,7-13H2,1-6H3;1-2H3. The van der Waals surface area contributed by atoms with E-state index in [0.717, 1.165) is 24.7 Å². The van der Waals surface area contributed by atoms with Crippen molar-refractivity contribution in [2.75, 3.05) is 0 Å². The van der Waals surface area contributed by atoms with Gasteiger partial charge in [0, 0.05) is 0 Å². The molecule has 1 saturated carbocycles. The molecule has 0 N–H and O–H groups in total. The first-order chi connectivity index (χ1) is 10.8. The fourth-order valence-electron chi connectivity index (χ4n) is 3.97. The van der Waals surface area contributed by atoms with Gasteiger partial charge in [-0.15, -0.1) is 0 Å². The van der Waals surface area contributed by atoms with Crippen molar-refractivity contribution in [1.29, 1.82) is 0 Å². The number of hydrogen-bond acceptors (Lipinski definition) is 0. The molecular weight excluding hydrogens is 283 g/mol. The Morgan fingerprint density at radius 2 is 1.22 bits per heavy atom. The lowest BCUT2D eigenvalue weighted by molar-refractivity contribution is 0.0629. The van der Waals surface area contributed by atoms with Gasteiger partial charge in [-0.2, -0.15) is 0 Å². The Bertz CT molecular complexity index is 271. The van der Waals surface area contributed by atoms with Gasteiger partial charge in [-0.3, -0.25) is 0 Å². The average molecular weight is 329 g/mol. The van der Waals surface area contributed by atoms with E-state index in [1.54, 1.807) is 0 Å². The molecule has 140 valence electrons. The van der Waals surface area contributed by atoms with E-state index in [4.69, 9.17) is 0 Å². The van der Waals surface area contributed by atoms with Crippen molar-refractivity contribution in [2.24, 2.45) is 35.5 Å². The van der Waals surface area contributed by atoms with Crippen LogP contribution in [0.5, 0.6) is 0 Å². The van der Waals surface area contributed by atoms with Crippen molar-refractivity contribution in [3.63, 3.8) is 0 Å². The van der Waals surface area contributed by atoms with Gasteiger partial charge in [-0.25, -0.2) is 4.39 Å². The summed E-state index contributed by atoms with van der Waals surface area (Å²) in [5.74, 6) is 3.76. The Labute approximate surface area is 147 Å². The molecule has 0 amide bonds. The molecule has 0 saturated heterocycles. The van der Waals surface area contributed by atoms with E-state index in [2.05, 4.69) is 41.5 Å². The molecule has 0 aliphatic heterocycles. The number of alkyl halides is 1. The molecule has 0 nitrogen and oxygen atoms in total. The highest BCUT2D eigenvalue weighted by atomic mass is 19.1. The van der Waals surface area contributed by atoms with Crippen LogP contribution in [0.1, 0.15) is 100 Å². The Balaban J connectivity index is 0.00000232. The van der Waals surface area contributed by atoms with Crippen molar-refractivity contribution >= 4 is 0 Å². The van der Waals surface area contributed by atoms with Crippen molar-refractivity contribution in [3.05, 3.63) is 0 Å². The number of rotatable bonds is 8. The smallest absolute Gasteiger partial charge is 0.103 e. The van der Waals surface area contributed by atoms with Gasteiger partial charge in [0.1, 0.15) is 6.17 Å². The van der Waals surface area contributed by atoms with E-state index in [-0.39, 0.29) is 0 Å². The van der Waals surface area contributed by atoms with Gasteiger partial charge >= 0.3 is 0 Å². The van der Waals surface area contributed by atoms with Crippen LogP contribution < -0.4 is 0 Å². The predicted molar refractivity (Wildman–Crippen MR) is 104 cm³/mol. The molecule has 1 rings (SSSR count). The SMILES string of the molecule is CC.CC(C)CCC(C)C1CCC(C(C)CCC(C)C)C(F)C1. The molecule has 0 heterocycles. The topological polar surface area (TPSA) is 0 Å². The van der Waals surface area contributed by atoms with E-state index >= 15 is 0 Å². The average Bonchev–Trinajstić information content (AvgIpc) is 2.52. The molecule has 0 spiro atoms. The second kappa shape index (κ2) is 12.3. The zero-order chi connectivity index (χ0) is 18.0. The van der Waals surface area contributed by atoms with Crippen LogP contribution in [-0.4, -0.2) is 6.17 Å². The van der Waals surface area contributed by atoms with Crippen LogP contribution in [0.3, 0.4) is 0 Å². The van der Waals surface area contributed by atoms with Crippen molar-refractivity contribution in [3.8, 4) is 0 Å². The predicted octanol–water partition coefficient (Wildman–Crippen LogP) is 7.91. The lowest BCUT2D eigenvalue weighted by Crippen LogP contribution is -2.33. The molecule has 0 aromatic carbocycles. The highest BCUT2D eigenvalue weighted by molar-refractivity contribution is 4.85. The van der Waals surface area contributed by atoms with Crippen LogP contribution in [0, 0.1) is 35.5 Å². The van der Waals surface area contributed by atoms with Gasteiger partial charge in [-0.1, -0.05) is 81.1 Å². The second-order valence-corrected chi connectivity index (χ2v) is 8.65. The summed E-state index contributed by atoms with van der Waals surface area (Å²) in [6.07, 6.45) is 7.69. The third-order valence-corrected chi connectivity index (χ3v) is 5.80. The van der Waals surface area contributed by atoms with E-state index in [9.17, 15) is 4.39 Å². The van der Waals surface area contributed by atoms with Gasteiger partial charge in [0.2, 0.25) is 0 Å². The van der Waals surface area contributed by atoms with Crippen LogP contribution in [0.25, 0.3) is 0 Å². The minimum atomic E-state index is -0.549. The molecule has 0 aromatic heterocycles. The van der Waals surface area contributed by atoms with Crippen LogP contribution >= 0.6 is 0 Å². The molecule has 0 bridgehead atoms. The fraction of sp³-hybridized carbons (Fsp3) is 1.00. The van der Waals surface area contributed by atoms with Gasteiger partial charge in [-0.05, 0) is 54.8 Å². The summed E-state index contributed by atoms with van der Waals surface area (Å²) < 4.78 is 14.6. The quantitative estimate of drug-likeness (QED) is 0.424. The van der Waals surface area contributed by atoms with E-state index in [1.807, 2.05) is 13.8 Å². The van der Waals surface area contributed by atoms with Crippen LogP contribution in [0.15, 0.2) is 0 Å². The fourth-order valence-corrected chi connectivity index (χ4v) is 3.97. The zero-order valence-electron chi connectivity index (χ0n) is 17.4. The summed E-state index contributed by atoms with van der Waals surface area (Å²) in [6, 6.07) is 0. The highest BCUT2D eigenvalue weighted by Gasteiger charge is 2.35. The molecule has 1 aliphatic rings. The molecular formula is C22H45F. The first kappa shape index (κ1) is 22.9. The molecule has 0 aromatic rings. The Morgan fingerprint density at radius 1 is 0.739 bits per heavy atom. The van der Waals surface area contributed by atoms with E-state index in [0.29, 0.717) is 23.7 Å². The number of hydrogen-bond donors (Lipinski definition) is 0. The molecule has 0 radical (unpaired) electrons. The summed E-state index contributed by atoms with van der Waals surface area (Å²) in [7, 11) is 0. The summed E-state index contributed by atoms with van der Waals surface area (Å²) in [6.45, 7) is 17.8. The summed E-state index contributed by atoms with van der Waals surface area (Å²) in [5.41, 5.74) is 0. The molecule has 1 aliphatic carbocycles. The summed E-state index contributed by atoms with van der Waals surface area (Å²) in [5, 5.41) is 0. The molecule has 5 unspecified atom stereocenters. The maximum absolute atomic E-state index is 14.6. The van der Waals surface area contributed by atoms with Crippen LogP contribution in [0.4, 0.5) is 4.39 Å². The summed E-state index contributed by atoms with van der Waals surface area (Å²) >= 11 is 0. The highest BCUT2D eigenvalue weighted by Crippen LogP contribution is 2.41. The lowest BCUT2D eigenvalue weighted by atomic mass is 9.69. The second-order valence-electron chi connectivity index (χ2n) is 8.65. The van der Waals surface area contributed by atoms with Crippen molar-refractivity contribution in [2.45, 2.75) is 107 Å². The third-order valence-electron chi connectivity index (χ3n) is 5.80. The van der Waals surface area contributed by atoms with Crippen molar-refractivity contribution in [1.82, 2.24) is 0 Å². The monoisotopic (exact) mass is 328 g/mol. The maximum Gasteiger partial charge on any atom is 0.103 e. The minimum absolute atomic E-state index is 0.331. The normalized spacial score (nSPS) is 27.5. The first-order valence-electron chi connectivity index (χ1n) is 10.4.